The van der Waals surface area contributed by atoms with E-state index < -0.39 is 42.2 Å². The van der Waals surface area contributed by atoms with E-state index in [2.05, 4.69) is 0 Å². The third-order valence-electron chi connectivity index (χ3n) is 4.24. The van der Waals surface area contributed by atoms with Gasteiger partial charge < -0.3 is 35.7 Å². The summed E-state index contributed by atoms with van der Waals surface area (Å²) in [6, 6.07) is 4.04. The van der Waals surface area contributed by atoms with Gasteiger partial charge in [-0.3, -0.25) is 0 Å². The van der Waals surface area contributed by atoms with Gasteiger partial charge in [0.2, 0.25) is 0 Å². The largest absolute Gasteiger partial charge is 0.504 e. The minimum Gasteiger partial charge on any atom is -0.504 e. The molecular formula is C16H20O8. The maximum Gasteiger partial charge on any atom is 0.335 e. The fourth-order valence-corrected chi connectivity index (χ4v) is 2.90. The van der Waals surface area contributed by atoms with E-state index in [1.54, 1.807) is 0 Å². The Labute approximate surface area is 137 Å². The monoisotopic (exact) mass is 340 g/mol. The molecule has 7 N–H and O–H groups in total. The topological polar surface area (TPSA) is 159 Å². The quantitative estimate of drug-likeness (QED) is 0.363. The third kappa shape index (κ3) is 3.51. The average Bonchev–Trinajstić information content (AvgIpc) is 2.48. The van der Waals surface area contributed by atoms with Crippen LogP contribution in [0.1, 0.15) is 24.8 Å². The van der Waals surface area contributed by atoms with E-state index in [1.807, 2.05) is 0 Å². The molecule has 132 valence electrons. The molecule has 0 amide bonds. The summed E-state index contributed by atoms with van der Waals surface area (Å²) in [7, 11) is 0. The maximum atomic E-state index is 11.2. The zero-order valence-corrected chi connectivity index (χ0v) is 12.7. The van der Waals surface area contributed by atoms with Crippen LogP contribution in [0, 0.1) is 0 Å². The standard InChI is InChI=1S/C16H20O8/c17-10-4-3-9(6-11(10)18)2-1-5-15(23)8-16(24,14(21)22)7-12(19)13(15)20/h1-4,6,12-13,17-20,23-24H,5,7-8H2,(H,21,22)/b2-1+/t12-,13?,15-,16?/m1/s1. The lowest BCUT2D eigenvalue weighted by Crippen LogP contribution is -2.62. The summed E-state index contributed by atoms with van der Waals surface area (Å²) in [5, 5.41) is 68.0. The zero-order valence-electron chi connectivity index (χ0n) is 12.7. The van der Waals surface area contributed by atoms with Crippen LogP contribution in [0.5, 0.6) is 11.5 Å². The Morgan fingerprint density at radius 1 is 1.21 bits per heavy atom. The Hall–Kier alpha value is -2.13. The van der Waals surface area contributed by atoms with Crippen LogP contribution >= 0.6 is 0 Å². The molecule has 2 rings (SSSR count). The Kier molecular flexibility index (Phi) is 4.86. The van der Waals surface area contributed by atoms with Crippen molar-refractivity contribution in [1.82, 2.24) is 0 Å². The summed E-state index contributed by atoms with van der Waals surface area (Å²) in [6.45, 7) is 0. The molecule has 1 aromatic carbocycles. The molecule has 0 aromatic heterocycles. The highest BCUT2D eigenvalue weighted by atomic mass is 16.4. The molecular weight excluding hydrogens is 320 g/mol. The molecule has 0 radical (unpaired) electrons. The molecule has 8 nitrogen and oxygen atoms in total. The van der Waals surface area contributed by atoms with Crippen molar-refractivity contribution in [3.63, 3.8) is 0 Å². The number of rotatable bonds is 4. The average molecular weight is 340 g/mol. The summed E-state index contributed by atoms with van der Waals surface area (Å²) in [5.74, 6) is -2.20. The van der Waals surface area contributed by atoms with Gasteiger partial charge in [0.15, 0.2) is 17.1 Å². The molecule has 0 spiro atoms. The molecule has 0 aliphatic heterocycles. The summed E-state index contributed by atoms with van der Waals surface area (Å²) in [4.78, 5) is 11.2. The summed E-state index contributed by atoms with van der Waals surface area (Å²) < 4.78 is 0. The molecule has 4 atom stereocenters. The van der Waals surface area contributed by atoms with Crippen molar-refractivity contribution < 1.29 is 40.5 Å². The van der Waals surface area contributed by atoms with Crippen LogP contribution in [0.4, 0.5) is 0 Å². The van der Waals surface area contributed by atoms with Gasteiger partial charge in [0, 0.05) is 12.8 Å². The second-order valence-corrected chi connectivity index (χ2v) is 6.19. The Morgan fingerprint density at radius 3 is 2.46 bits per heavy atom. The molecule has 24 heavy (non-hydrogen) atoms. The third-order valence-corrected chi connectivity index (χ3v) is 4.24. The molecule has 1 aliphatic carbocycles. The molecule has 0 heterocycles. The van der Waals surface area contributed by atoms with Crippen LogP contribution in [0.25, 0.3) is 6.08 Å². The van der Waals surface area contributed by atoms with Crippen molar-refractivity contribution in [2.24, 2.45) is 0 Å². The summed E-state index contributed by atoms with van der Waals surface area (Å²) in [5.41, 5.74) is -3.87. The van der Waals surface area contributed by atoms with Crippen LogP contribution in [-0.2, 0) is 4.79 Å². The molecule has 8 heteroatoms. The number of phenols is 2. The second-order valence-electron chi connectivity index (χ2n) is 6.19. The number of hydrogen-bond acceptors (Lipinski definition) is 7. The fourth-order valence-electron chi connectivity index (χ4n) is 2.90. The lowest BCUT2D eigenvalue weighted by Gasteiger charge is -2.45. The van der Waals surface area contributed by atoms with Crippen molar-refractivity contribution in [2.45, 2.75) is 42.7 Å². The number of aliphatic hydroxyl groups excluding tert-OH is 2. The lowest BCUT2D eigenvalue weighted by atomic mass is 9.70. The SMILES string of the molecule is O=C(O)C1(O)C[C@@H](O)C(O)[C@@](O)(C/C=C/c2ccc(O)c(O)c2)C1. The number of phenolic OH excluding ortho intramolecular Hbond substituents is 2. The first-order chi connectivity index (χ1) is 11.1. The molecule has 0 bridgehead atoms. The van der Waals surface area contributed by atoms with E-state index in [-0.39, 0.29) is 17.9 Å². The minimum atomic E-state index is -2.34. The number of carboxylic acid groups (broad SMARTS) is 1. The van der Waals surface area contributed by atoms with E-state index in [4.69, 9.17) is 5.11 Å². The van der Waals surface area contributed by atoms with Crippen LogP contribution in [-0.4, -0.2) is 65.1 Å². The highest BCUT2D eigenvalue weighted by Crippen LogP contribution is 2.38. The fraction of sp³-hybridized carbons (Fsp3) is 0.438. The predicted octanol–water partition coefficient (Wildman–Crippen LogP) is -0.437. The first kappa shape index (κ1) is 18.2. The molecule has 2 unspecified atom stereocenters. The molecule has 0 saturated heterocycles. The van der Waals surface area contributed by atoms with Gasteiger partial charge in [0.25, 0.3) is 0 Å². The van der Waals surface area contributed by atoms with Gasteiger partial charge in [-0.15, -0.1) is 0 Å². The van der Waals surface area contributed by atoms with Gasteiger partial charge in [-0.05, 0) is 24.1 Å². The van der Waals surface area contributed by atoms with Crippen molar-refractivity contribution in [2.75, 3.05) is 0 Å². The van der Waals surface area contributed by atoms with Crippen molar-refractivity contribution in [3.05, 3.63) is 29.8 Å². The van der Waals surface area contributed by atoms with Gasteiger partial charge >= 0.3 is 5.97 Å². The first-order valence-electron chi connectivity index (χ1n) is 7.30. The Morgan fingerprint density at radius 2 is 1.88 bits per heavy atom. The summed E-state index contributed by atoms with van der Waals surface area (Å²) >= 11 is 0. The van der Waals surface area contributed by atoms with Crippen LogP contribution < -0.4 is 0 Å². The van der Waals surface area contributed by atoms with Crippen molar-refractivity contribution >= 4 is 12.0 Å². The summed E-state index contributed by atoms with van der Waals surface area (Å²) in [6.07, 6.45) is -1.77. The molecule has 1 aliphatic rings. The van der Waals surface area contributed by atoms with E-state index in [0.29, 0.717) is 5.56 Å². The Bertz CT molecular complexity index is 657. The van der Waals surface area contributed by atoms with Gasteiger partial charge in [-0.2, -0.15) is 0 Å². The van der Waals surface area contributed by atoms with Crippen molar-refractivity contribution in [3.8, 4) is 11.5 Å². The zero-order chi connectivity index (χ0) is 18.1. The Balaban J connectivity index is 2.17. The molecule has 1 fully saturated rings. The van der Waals surface area contributed by atoms with E-state index >= 15 is 0 Å². The van der Waals surface area contributed by atoms with Gasteiger partial charge in [0.05, 0.1) is 11.7 Å². The highest BCUT2D eigenvalue weighted by molar-refractivity contribution is 5.77. The molecule has 1 aromatic rings. The van der Waals surface area contributed by atoms with Gasteiger partial charge in [-0.25, -0.2) is 4.79 Å². The first-order valence-corrected chi connectivity index (χ1v) is 7.30. The predicted molar refractivity (Wildman–Crippen MR) is 82.2 cm³/mol. The van der Waals surface area contributed by atoms with E-state index in [1.165, 1.54) is 30.4 Å². The highest BCUT2D eigenvalue weighted by Gasteiger charge is 2.55. The smallest absolute Gasteiger partial charge is 0.335 e. The van der Waals surface area contributed by atoms with Crippen LogP contribution in [0.3, 0.4) is 0 Å². The molecule has 1 saturated carbocycles. The second kappa shape index (κ2) is 6.40. The number of hydrogen-bond donors (Lipinski definition) is 7. The van der Waals surface area contributed by atoms with Gasteiger partial charge in [-0.1, -0.05) is 18.2 Å². The number of aromatic hydroxyl groups is 2. The number of benzene rings is 1. The van der Waals surface area contributed by atoms with E-state index in [0.717, 1.165) is 0 Å². The number of carboxylic acids is 1. The minimum absolute atomic E-state index is 0.234. The van der Waals surface area contributed by atoms with Crippen molar-refractivity contribution in [1.29, 1.82) is 0 Å². The normalized spacial score (nSPS) is 33.7. The number of aliphatic hydroxyl groups is 4. The number of carbonyl (C=O) groups is 1. The lowest BCUT2D eigenvalue weighted by molar-refractivity contribution is -0.214. The van der Waals surface area contributed by atoms with Crippen LogP contribution in [0.15, 0.2) is 24.3 Å². The maximum absolute atomic E-state index is 11.2. The van der Waals surface area contributed by atoms with Gasteiger partial charge in [0.1, 0.15) is 6.10 Å². The van der Waals surface area contributed by atoms with E-state index in [9.17, 15) is 35.4 Å². The van der Waals surface area contributed by atoms with Crippen LogP contribution in [0.2, 0.25) is 0 Å². The number of aliphatic carboxylic acids is 1.